The molecule has 0 saturated carbocycles. The molecule has 5 nitrogen and oxygen atoms in total. The van der Waals surface area contributed by atoms with E-state index < -0.39 is 5.92 Å². The maximum atomic E-state index is 14.7. The SMILES string of the molecule is Cc1c(F)cccc1C1C(C(=O)c2cccc(O)c2)CN(CCCN)CC1c1ccccc1O. The Morgan fingerprint density at radius 1 is 1.03 bits per heavy atom. The lowest BCUT2D eigenvalue weighted by Crippen LogP contribution is -2.47. The van der Waals surface area contributed by atoms with Gasteiger partial charge in [-0.2, -0.15) is 0 Å². The van der Waals surface area contributed by atoms with E-state index in [1.54, 1.807) is 37.3 Å². The van der Waals surface area contributed by atoms with Crippen molar-refractivity contribution in [2.24, 2.45) is 11.7 Å². The number of carbonyl (C=O) groups excluding carboxylic acids is 1. The molecule has 3 atom stereocenters. The molecular weight excluding hydrogens is 431 g/mol. The molecule has 3 aromatic carbocycles. The van der Waals surface area contributed by atoms with Crippen LogP contribution in [0.25, 0.3) is 0 Å². The summed E-state index contributed by atoms with van der Waals surface area (Å²) in [4.78, 5) is 16.1. The Bertz CT molecular complexity index is 1170. The highest BCUT2D eigenvalue weighted by Gasteiger charge is 2.43. The van der Waals surface area contributed by atoms with Crippen LogP contribution >= 0.6 is 0 Å². The van der Waals surface area contributed by atoms with Crippen molar-refractivity contribution in [1.82, 2.24) is 4.90 Å². The van der Waals surface area contributed by atoms with Crippen LogP contribution in [0.1, 0.15) is 45.3 Å². The third-order valence-corrected chi connectivity index (χ3v) is 6.93. The van der Waals surface area contributed by atoms with Crippen LogP contribution in [0.5, 0.6) is 11.5 Å². The van der Waals surface area contributed by atoms with Gasteiger partial charge in [-0.15, -0.1) is 0 Å². The van der Waals surface area contributed by atoms with Crippen LogP contribution in [0.3, 0.4) is 0 Å². The first-order chi connectivity index (χ1) is 16.4. The number of nitrogens with two attached hydrogens (primary N) is 1. The lowest BCUT2D eigenvalue weighted by molar-refractivity contribution is 0.0736. The Morgan fingerprint density at radius 3 is 2.50 bits per heavy atom. The fourth-order valence-corrected chi connectivity index (χ4v) is 5.27. The van der Waals surface area contributed by atoms with E-state index >= 15 is 0 Å². The Kier molecular flexibility index (Phi) is 7.29. The van der Waals surface area contributed by atoms with Gasteiger partial charge in [-0.1, -0.05) is 42.5 Å². The van der Waals surface area contributed by atoms with Crippen LogP contribution in [0.15, 0.2) is 66.7 Å². The number of phenolic OH excluding ortho intramolecular Hbond substituents is 2. The van der Waals surface area contributed by atoms with Gasteiger partial charge >= 0.3 is 0 Å². The van der Waals surface area contributed by atoms with Gasteiger partial charge in [0.25, 0.3) is 0 Å². The summed E-state index contributed by atoms with van der Waals surface area (Å²) in [5, 5.41) is 20.8. The summed E-state index contributed by atoms with van der Waals surface area (Å²) >= 11 is 0. The van der Waals surface area contributed by atoms with Crippen LogP contribution < -0.4 is 5.73 Å². The van der Waals surface area contributed by atoms with Crippen LogP contribution in [-0.2, 0) is 0 Å². The largest absolute Gasteiger partial charge is 0.508 e. The number of nitrogens with zero attached hydrogens (tertiary/aromatic N) is 1. The summed E-state index contributed by atoms with van der Waals surface area (Å²) in [6, 6.07) is 18.5. The first kappa shape index (κ1) is 23.9. The van der Waals surface area contributed by atoms with Gasteiger partial charge in [0.1, 0.15) is 17.3 Å². The number of para-hydroxylation sites is 1. The zero-order valence-electron chi connectivity index (χ0n) is 19.3. The normalized spacial score (nSPS) is 20.9. The number of Topliss-reactive ketones (excluding diaryl/α,β-unsaturated/α-hetero) is 1. The highest BCUT2D eigenvalue weighted by molar-refractivity contribution is 5.99. The number of halogens is 1. The average Bonchev–Trinajstić information content (AvgIpc) is 2.84. The predicted molar refractivity (Wildman–Crippen MR) is 131 cm³/mol. The van der Waals surface area contributed by atoms with E-state index in [0.29, 0.717) is 30.8 Å². The molecule has 1 aliphatic rings. The minimum atomic E-state index is -0.501. The van der Waals surface area contributed by atoms with Crippen molar-refractivity contribution in [1.29, 1.82) is 0 Å². The van der Waals surface area contributed by atoms with Crippen molar-refractivity contribution in [2.45, 2.75) is 25.2 Å². The second-order valence-corrected chi connectivity index (χ2v) is 9.07. The molecule has 0 aliphatic carbocycles. The van der Waals surface area contributed by atoms with Crippen molar-refractivity contribution < 1.29 is 19.4 Å². The van der Waals surface area contributed by atoms with E-state index in [2.05, 4.69) is 4.90 Å². The second kappa shape index (κ2) is 10.4. The average molecular weight is 463 g/mol. The molecule has 4 N–H and O–H groups in total. The highest BCUT2D eigenvalue weighted by Crippen LogP contribution is 2.47. The van der Waals surface area contributed by atoms with E-state index in [0.717, 1.165) is 24.1 Å². The molecule has 178 valence electrons. The maximum absolute atomic E-state index is 14.7. The summed E-state index contributed by atoms with van der Waals surface area (Å²) in [7, 11) is 0. The molecule has 6 heteroatoms. The number of carbonyl (C=O) groups is 1. The molecule has 34 heavy (non-hydrogen) atoms. The molecule has 0 radical (unpaired) electrons. The van der Waals surface area contributed by atoms with E-state index in [9.17, 15) is 19.4 Å². The van der Waals surface area contributed by atoms with E-state index in [1.807, 2.05) is 18.2 Å². The zero-order chi connectivity index (χ0) is 24.2. The lowest BCUT2D eigenvalue weighted by atomic mass is 9.67. The van der Waals surface area contributed by atoms with Crippen molar-refractivity contribution in [2.75, 3.05) is 26.2 Å². The molecule has 0 aromatic heterocycles. The van der Waals surface area contributed by atoms with Crippen LogP contribution in [0.2, 0.25) is 0 Å². The van der Waals surface area contributed by atoms with Gasteiger partial charge in [-0.05, 0) is 67.4 Å². The van der Waals surface area contributed by atoms with Crippen molar-refractivity contribution in [3.05, 3.63) is 94.8 Å². The summed E-state index contributed by atoms with van der Waals surface area (Å²) in [6.07, 6.45) is 0.782. The molecular formula is C28H31FN2O3. The number of benzene rings is 3. The van der Waals surface area contributed by atoms with Crippen molar-refractivity contribution in [3.63, 3.8) is 0 Å². The standard InChI is InChI=1S/C28H31FN2O3/c1-18-21(10-5-11-25(18)29)27-23(22-9-2-3-12-26(22)33)16-31(14-6-13-30)17-24(27)28(34)19-7-4-8-20(32)15-19/h2-5,7-12,15,23-24,27,32-33H,6,13-14,16-17,30H2,1H3. The van der Waals surface area contributed by atoms with Gasteiger partial charge in [-0.25, -0.2) is 4.39 Å². The summed E-state index contributed by atoms with van der Waals surface area (Å²) < 4.78 is 14.7. The van der Waals surface area contributed by atoms with Gasteiger partial charge in [0.2, 0.25) is 0 Å². The fraction of sp³-hybridized carbons (Fsp3) is 0.321. The molecule has 1 heterocycles. The molecule has 1 aliphatic heterocycles. The van der Waals surface area contributed by atoms with Gasteiger partial charge in [0.05, 0.1) is 0 Å². The highest BCUT2D eigenvalue weighted by atomic mass is 19.1. The van der Waals surface area contributed by atoms with E-state index in [-0.39, 0.29) is 34.9 Å². The number of ketones is 1. The van der Waals surface area contributed by atoms with Gasteiger partial charge in [0, 0.05) is 36.4 Å². The quantitative estimate of drug-likeness (QED) is 0.448. The fourth-order valence-electron chi connectivity index (χ4n) is 5.27. The number of hydrogen-bond donors (Lipinski definition) is 3. The van der Waals surface area contributed by atoms with Gasteiger partial charge in [-0.3, -0.25) is 4.79 Å². The lowest BCUT2D eigenvalue weighted by Gasteiger charge is -2.44. The molecule has 0 bridgehead atoms. The zero-order valence-corrected chi connectivity index (χ0v) is 19.3. The van der Waals surface area contributed by atoms with Crippen molar-refractivity contribution >= 4 is 5.78 Å². The first-order valence-corrected chi connectivity index (χ1v) is 11.7. The Hall–Kier alpha value is -3.22. The summed E-state index contributed by atoms with van der Waals surface area (Å²) in [5.74, 6) is -1.33. The number of likely N-dealkylation sites (tertiary alicyclic amines) is 1. The molecule has 0 amide bonds. The monoisotopic (exact) mass is 462 g/mol. The number of piperidine rings is 1. The smallest absolute Gasteiger partial charge is 0.167 e. The molecule has 3 unspecified atom stereocenters. The van der Waals surface area contributed by atoms with E-state index in [4.69, 9.17) is 5.73 Å². The Morgan fingerprint density at radius 2 is 1.76 bits per heavy atom. The van der Waals surface area contributed by atoms with Crippen molar-refractivity contribution in [3.8, 4) is 11.5 Å². The second-order valence-electron chi connectivity index (χ2n) is 9.07. The molecule has 4 rings (SSSR count). The van der Waals surface area contributed by atoms with Crippen LogP contribution in [0, 0.1) is 18.7 Å². The van der Waals surface area contributed by atoms with E-state index in [1.165, 1.54) is 18.2 Å². The molecule has 1 fully saturated rings. The number of aromatic hydroxyl groups is 2. The molecule has 3 aromatic rings. The van der Waals surface area contributed by atoms with Gasteiger partial charge < -0.3 is 20.8 Å². The number of hydrogen-bond acceptors (Lipinski definition) is 5. The number of rotatable bonds is 7. The molecule has 1 saturated heterocycles. The minimum Gasteiger partial charge on any atom is -0.508 e. The minimum absolute atomic E-state index is 0.0254. The molecule has 0 spiro atoms. The Balaban J connectivity index is 1.87. The summed E-state index contributed by atoms with van der Waals surface area (Å²) in [6.45, 7) is 4.10. The third-order valence-electron chi connectivity index (χ3n) is 6.93. The topological polar surface area (TPSA) is 86.8 Å². The van der Waals surface area contributed by atoms with Crippen LogP contribution in [0.4, 0.5) is 4.39 Å². The predicted octanol–water partition coefficient (Wildman–Crippen LogP) is 4.58. The summed E-state index contributed by atoms with van der Waals surface area (Å²) in [5.41, 5.74) is 8.21. The first-order valence-electron chi connectivity index (χ1n) is 11.7. The maximum Gasteiger partial charge on any atom is 0.167 e. The third kappa shape index (κ3) is 4.83. The number of phenols is 2. The Labute approximate surface area is 199 Å². The van der Waals surface area contributed by atoms with Crippen LogP contribution in [-0.4, -0.2) is 47.1 Å². The van der Waals surface area contributed by atoms with Gasteiger partial charge in [0.15, 0.2) is 5.78 Å².